The fraction of sp³-hybridized carbons (Fsp3) is 0.125. The van der Waals surface area contributed by atoms with Crippen LogP contribution in [0.1, 0.15) is 11.3 Å². The summed E-state index contributed by atoms with van der Waals surface area (Å²) in [5, 5.41) is 6.35. The SMILES string of the molecule is Cc1cccc(Nc2ncnc(NCc3ccco3)c2N)c1. The van der Waals surface area contributed by atoms with Gasteiger partial charge in [0.05, 0.1) is 12.8 Å². The summed E-state index contributed by atoms with van der Waals surface area (Å²) in [6.07, 6.45) is 3.10. The van der Waals surface area contributed by atoms with E-state index in [1.807, 2.05) is 43.3 Å². The first-order chi connectivity index (χ1) is 10.7. The summed E-state index contributed by atoms with van der Waals surface area (Å²) in [5.74, 6) is 1.95. The van der Waals surface area contributed by atoms with Gasteiger partial charge in [-0.1, -0.05) is 12.1 Å². The van der Waals surface area contributed by atoms with Gasteiger partial charge in [-0.05, 0) is 36.8 Å². The molecule has 0 aliphatic rings. The summed E-state index contributed by atoms with van der Waals surface area (Å²) >= 11 is 0. The molecule has 0 saturated carbocycles. The van der Waals surface area contributed by atoms with Crippen LogP contribution in [0.5, 0.6) is 0 Å². The first kappa shape index (κ1) is 13.9. The predicted octanol–water partition coefficient (Wildman–Crippen LogP) is 3.32. The normalized spacial score (nSPS) is 10.4. The Labute approximate surface area is 128 Å². The number of nitrogen functional groups attached to an aromatic ring is 1. The van der Waals surface area contributed by atoms with Crippen LogP contribution >= 0.6 is 0 Å². The molecule has 0 radical (unpaired) electrons. The molecule has 0 unspecified atom stereocenters. The van der Waals surface area contributed by atoms with Gasteiger partial charge < -0.3 is 20.8 Å². The van der Waals surface area contributed by atoms with E-state index in [4.69, 9.17) is 10.2 Å². The van der Waals surface area contributed by atoms with Crippen molar-refractivity contribution in [1.82, 2.24) is 9.97 Å². The van der Waals surface area contributed by atoms with E-state index in [0.717, 1.165) is 17.0 Å². The topological polar surface area (TPSA) is 89.0 Å². The highest BCUT2D eigenvalue weighted by Gasteiger charge is 2.08. The predicted molar refractivity (Wildman–Crippen MR) is 86.9 cm³/mol. The number of rotatable bonds is 5. The zero-order chi connectivity index (χ0) is 15.4. The molecule has 2 aromatic heterocycles. The van der Waals surface area contributed by atoms with Gasteiger partial charge in [0.25, 0.3) is 0 Å². The van der Waals surface area contributed by atoms with Crippen LogP contribution in [0.2, 0.25) is 0 Å². The molecule has 22 heavy (non-hydrogen) atoms. The zero-order valence-electron chi connectivity index (χ0n) is 12.2. The summed E-state index contributed by atoms with van der Waals surface area (Å²) < 4.78 is 5.27. The van der Waals surface area contributed by atoms with E-state index in [2.05, 4.69) is 20.6 Å². The van der Waals surface area contributed by atoms with E-state index in [0.29, 0.717) is 23.9 Å². The molecule has 0 aliphatic heterocycles. The maximum Gasteiger partial charge on any atom is 0.159 e. The van der Waals surface area contributed by atoms with Crippen LogP contribution in [0, 0.1) is 6.92 Å². The zero-order valence-corrected chi connectivity index (χ0v) is 12.2. The third kappa shape index (κ3) is 3.17. The van der Waals surface area contributed by atoms with E-state index < -0.39 is 0 Å². The summed E-state index contributed by atoms with van der Waals surface area (Å²) in [4.78, 5) is 8.37. The van der Waals surface area contributed by atoms with Gasteiger partial charge in [-0.2, -0.15) is 0 Å². The third-order valence-electron chi connectivity index (χ3n) is 3.17. The maximum absolute atomic E-state index is 6.13. The van der Waals surface area contributed by atoms with Crippen molar-refractivity contribution in [3.8, 4) is 0 Å². The second-order valence-corrected chi connectivity index (χ2v) is 4.91. The van der Waals surface area contributed by atoms with E-state index >= 15 is 0 Å². The lowest BCUT2D eigenvalue weighted by Crippen LogP contribution is -2.07. The molecule has 1 aromatic carbocycles. The largest absolute Gasteiger partial charge is 0.467 e. The summed E-state index contributed by atoms with van der Waals surface area (Å²) in [6, 6.07) is 11.7. The number of hydrogen-bond donors (Lipinski definition) is 3. The van der Waals surface area contributed by atoms with Crippen molar-refractivity contribution in [3.63, 3.8) is 0 Å². The van der Waals surface area contributed by atoms with Gasteiger partial charge in [-0.15, -0.1) is 0 Å². The Hall–Kier alpha value is -3.02. The molecule has 0 saturated heterocycles. The lowest BCUT2D eigenvalue weighted by Gasteiger charge is -2.12. The van der Waals surface area contributed by atoms with Crippen LogP contribution in [-0.2, 0) is 6.54 Å². The molecule has 0 amide bonds. The number of furan rings is 1. The standard InChI is InChI=1S/C16H17N5O/c1-11-4-2-5-12(8-11)21-16-14(17)15(19-10-20-16)18-9-13-6-3-7-22-13/h2-8,10H,9,17H2,1H3,(H2,18,19,20,21). The van der Waals surface area contributed by atoms with Crippen LogP contribution in [0.25, 0.3) is 0 Å². The highest BCUT2D eigenvalue weighted by atomic mass is 16.3. The number of anilines is 4. The van der Waals surface area contributed by atoms with Crippen molar-refractivity contribution >= 4 is 23.0 Å². The van der Waals surface area contributed by atoms with Crippen molar-refractivity contribution < 1.29 is 4.42 Å². The molecule has 0 fully saturated rings. The molecule has 0 atom stereocenters. The molecule has 6 heteroatoms. The molecule has 2 heterocycles. The number of aromatic nitrogens is 2. The average molecular weight is 295 g/mol. The Morgan fingerprint density at radius 3 is 2.77 bits per heavy atom. The monoisotopic (exact) mass is 295 g/mol. The number of nitrogens with two attached hydrogens (primary N) is 1. The minimum atomic E-state index is 0.468. The molecule has 0 aliphatic carbocycles. The number of aryl methyl sites for hydroxylation is 1. The lowest BCUT2D eigenvalue weighted by atomic mass is 10.2. The molecule has 3 rings (SSSR count). The van der Waals surface area contributed by atoms with Crippen LogP contribution < -0.4 is 16.4 Å². The quantitative estimate of drug-likeness (QED) is 0.669. The number of nitrogens with zero attached hydrogens (tertiary/aromatic N) is 2. The summed E-state index contributed by atoms with van der Waals surface area (Å²) in [6.45, 7) is 2.54. The summed E-state index contributed by atoms with van der Waals surface area (Å²) in [7, 11) is 0. The van der Waals surface area contributed by atoms with Gasteiger partial charge in [-0.25, -0.2) is 9.97 Å². The van der Waals surface area contributed by atoms with Crippen molar-refractivity contribution in [2.24, 2.45) is 0 Å². The molecule has 0 bridgehead atoms. The Bertz CT molecular complexity index is 755. The second kappa shape index (κ2) is 6.17. The first-order valence-corrected chi connectivity index (χ1v) is 6.93. The molecular weight excluding hydrogens is 278 g/mol. The van der Waals surface area contributed by atoms with Crippen molar-refractivity contribution in [1.29, 1.82) is 0 Å². The Morgan fingerprint density at radius 2 is 2.00 bits per heavy atom. The second-order valence-electron chi connectivity index (χ2n) is 4.91. The Balaban J connectivity index is 1.76. The fourth-order valence-corrected chi connectivity index (χ4v) is 2.08. The van der Waals surface area contributed by atoms with E-state index in [-0.39, 0.29) is 0 Å². The van der Waals surface area contributed by atoms with Gasteiger partial charge in [0, 0.05) is 5.69 Å². The van der Waals surface area contributed by atoms with Crippen molar-refractivity contribution in [3.05, 3.63) is 60.3 Å². The van der Waals surface area contributed by atoms with Crippen LogP contribution in [0.3, 0.4) is 0 Å². The lowest BCUT2D eigenvalue weighted by molar-refractivity contribution is 0.518. The number of nitrogens with one attached hydrogen (secondary N) is 2. The maximum atomic E-state index is 6.13. The van der Waals surface area contributed by atoms with Gasteiger partial charge in [0.2, 0.25) is 0 Å². The van der Waals surface area contributed by atoms with Gasteiger partial charge >= 0.3 is 0 Å². The molecule has 3 aromatic rings. The average Bonchev–Trinajstić information content (AvgIpc) is 3.02. The van der Waals surface area contributed by atoms with Gasteiger partial charge in [0.15, 0.2) is 11.6 Å². The van der Waals surface area contributed by atoms with Crippen LogP contribution in [0.4, 0.5) is 23.0 Å². The van der Waals surface area contributed by atoms with E-state index in [1.165, 1.54) is 6.33 Å². The highest BCUT2D eigenvalue weighted by molar-refractivity contribution is 5.77. The van der Waals surface area contributed by atoms with Gasteiger partial charge in [0.1, 0.15) is 17.8 Å². The Kier molecular flexibility index (Phi) is 3.91. The minimum absolute atomic E-state index is 0.468. The Morgan fingerprint density at radius 1 is 1.14 bits per heavy atom. The van der Waals surface area contributed by atoms with E-state index in [9.17, 15) is 0 Å². The molecular formula is C16H17N5O. The molecule has 6 nitrogen and oxygen atoms in total. The number of benzene rings is 1. The fourth-order valence-electron chi connectivity index (χ4n) is 2.08. The smallest absolute Gasteiger partial charge is 0.159 e. The molecule has 0 spiro atoms. The number of hydrogen-bond acceptors (Lipinski definition) is 6. The van der Waals surface area contributed by atoms with Gasteiger partial charge in [-0.3, -0.25) is 0 Å². The first-order valence-electron chi connectivity index (χ1n) is 6.93. The summed E-state index contributed by atoms with van der Waals surface area (Å²) in [5.41, 5.74) is 8.69. The molecule has 112 valence electrons. The van der Waals surface area contributed by atoms with Crippen molar-refractivity contribution in [2.45, 2.75) is 13.5 Å². The van der Waals surface area contributed by atoms with Crippen LogP contribution in [-0.4, -0.2) is 9.97 Å². The third-order valence-corrected chi connectivity index (χ3v) is 3.17. The van der Waals surface area contributed by atoms with E-state index in [1.54, 1.807) is 6.26 Å². The highest BCUT2D eigenvalue weighted by Crippen LogP contribution is 2.26. The minimum Gasteiger partial charge on any atom is -0.467 e. The van der Waals surface area contributed by atoms with Crippen LogP contribution in [0.15, 0.2) is 53.4 Å². The van der Waals surface area contributed by atoms with Crippen molar-refractivity contribution in [2.75, 3.05) is 16.4 Å². The molecule has 4 N–H and O–H groups in total.